The van der Waals surface area contributed by atoms with Crippen molar-refractivity contribution < 1.29 is 14.0 Å². The molecule has 0 saturated carbocycles. The molecule has 8 heteroatoms. The van der Waals surface area contributed by atoms with Crippen LogP contribution in [-0.2, 0) is 4.79 Å². The number of aromatic nitrogens is 1. The SMILES string of the molecule is O=C(CNC(=O)c1ccc(Cl)cc1)Nc1nc2ccc(F)cc2s1. The van der Waals surface area contributed by atoms with Crippen molar-refractivity contribution in [3.05, 3.63) is 58.9 Å². The number of nitrogens with zero attached hydrogens (tertiary/aromatic N) is 1. The van der Waals surface area contributed by atoms with Crippen LogP contribution in [0.3, 0.4) is 0 Å². The average Bonchev–Trinajstić information content (AvgIpc) is 2.94. The molecule has 2 amide bonds. The van der Waals surface area contributed by atoms with E-state index in [1.165, 1.54) is 12.1 Å². The first-order valence-corrected chi connectivity index (χ1v) is 8.10. The lowest BCUT2D eigenvalue weighted by Gasteiger charge is -2.05. The molecule has 24 heavy (non-hydrogen) atoms. The Bertz CT molecular complexity index is 911. The van der Waals surface area contributed by atoms with E-state index in [9.17, 15) is 14.0 Å². The van der Waals surface area contributed by atoms with Crippen LogP contribution in [0.4, 0.5) is 9.52 Å². The molecule has 1 heterocycles. The van der Waals surface area contributed by atoms with Gasteiger partial charge in [-0.3, -0.25) is 9.59 Å². The minimum atomic E-state index is -0.420. The fraction of sp³-hybridized carbons (Fsp3) is 0.0625. The molecule has 122 valence electrons. The molecule has 0 aliphatic rings. The van der Waals surface area contributed by atoms with Gasteiger partial charge in [0.2, 0.25) is 5.91 Å². The van der Waals surface area contributed by atoms with Gasteiger partial charge in [-0.15, -0.1) is 0 Å². The van der Waals surface area contributed by atoms with Gasteiger partial charge in [0.25, 0.3) is 5.91 Å². The summed E-state index contributed by atoms with van der Waals surface area (Å²) in [6.45, 7) is -0.203. The molecule has 3 rings (SSSR count). The van der Waals surface area contributed by atoms with Crippen LogP contribution in [0, 0.1) is 5.82 Å². The summed E-state index contributed by atoms with van der Waals surface area (Å²) in [7, 11) is 0. The van der Waals surface area contributed by atoms with E-state index in [-0.39, 0.29) is 18.3 Å². The zero-order chi connectivity index (χ0) is 17.1. The highest BCUT2D eigenvalue weighted by Crippen LogP contribution is 2.26. The second-order valence-corrected chi connectivity index (χ2v) is 6.34. The Balaban J connectivity index is 1.58. The standard InChI is InChI=1S/C16H11ClFN3O2S/c17-10-3-1-9(2-4-10)15(23)19-8-14(22)21-16-20-12-6-5-11(18)7-13(12)24-16/h1-7H,8H2,(H,19,23)(H,20,21,22). The van der Waals surface area contributed by atoms with Crippen LogP contribution in [-0.4, -0.2) is 23.3 Å². The van der Waals surface area contributed by atoms with E-state index < -0.39 is 5.91 Å². The highest BCUT2D eigenvalue weighted by molar-refractivity contribution is 7.22. The summed E-state index contributed by atoms with van der Waals surface area (Å²) < 4.78 is 13.8. The van der Waals surface area contributed by atoms with E-state index in [4.69, 9.17) is 11.6 Å². The summed E-state index contributed by atoms with van der Waals surface area (Å²) in [5.74, 6) is -1.16. The molecular weight excluding hydrogens is 353 g/mol. The van der Waals surface area contributed by atoms with E-state index in [1.54, 1.807) is 30.3 Å². The van der Waals surface area contributed by atoms with Gasteiger partial charge in [-0.1, -0.05) is 22.9 Å². The normalized spacial score (nSPS) is 10.6. The Morgan fingerprint density at radius 3 is 2.67 bits per heavy atom. The highest BCUT2D eigenvalue weighted by Gasteiger charge is 2.11. The number of hydrogen-bond donors (Lipinski definition) is 2. The van der Waals surface area contributed by atoms with Crippen molar-refractivity contribution in [3.8, 4) is 0 Å². The number of carbonyl (C=O) groups is 2. The van der Waals surface area contributed by atoms with E-state index >= 15 is 0 Å². The molecule has 0 spiro atoms. The van der Waals surface area contributed by atoms with Gasteiger partial charge in [-0.25, -0.2) is 9.37 Å². The second kappa shape index (κ2) is 6.94. The molecule has 0 saturated heterocycles. The van der Waals surface area contributed by atoms with Crippen molar-refractivity contribution in [3.63, 3.8) is 0 Å². The maximum absolute atomic E-state index is 13.1. The quantitative estimate of drug-likeness (QED) is 0.745. The van der Waals surface area contributed by atoms with Crippen LogP contribution in [0.25, 0.3) is 10.2 Å². The number of carbonyl (C=O) groups excluding carboxylic acids is 2. The fourth-order valence-electron chi connectivity index (χ4n) is 1.98. The first-order chi connectivity index (χ1) is 11.5. The zero-order valence-corrected chi connectivity index (χ0v) is 13.7. The van der Waals surface area contributed by atoms with Gasteiger partial charge >= 0.3 is 0 Å². The second-order valence-electron chi connectivity index (χ2n) is 4.87. The lowest BCUT2D eigenvalue weighted by molar-refractivity contribution is -0.115. The smallest absolute Gasteiger partial charge is 0.251 e. The van der Waals surface area contributed by atoms with Crippen molar-refractivity contribution >= 4 is 50.1 Å². The maximum Gasteiger partial charge on any atom is 0.251 e. The number of fused-ring (bicyclic) bond motifs is 1. The van der Waals surface area contributed by atoms with Crippen LogP contribution in [0.1, 0.15) is 10.4 Å². The predicted molar refractivity (Wildman–Crippen MR) is 92.0 cm³/mol. The Morgan fingerprint density at radius 1 is 1.17 bits per heavy atom. The van der Waals surface area contributed by atoms with E-state index in [0.29, 0.717) is 25.9 Å². The van der Waals surface area contributed by atoms with E-state index in [2.05, 4.69) is 15.6 Å². The Labute approximate surface area is 145 Å². The number of nitrogens with one attached hydrogen (secondary N) is 2. The van der Waals surface area contributed by atoms with Gasteiger partial charge in [0.05, 0.1) is 16.8 Å². The number of amides is 2. The molecule has 0 radical (unpaired) electrons. The molecule has 0 aliphatic heterocycles. The molecule has 0 atom stereocenters. The highest BCUT2D eigenvalue weighted by atomic mass is 35.5. The van der Waals surface area contributed by atoms with Gasteiger partial charge in [0.15, 0.2) is 5.13 Å². The van der Waals surface area contributed by atoms with Crippen molar-refractivity contribution in [2.75, 3.05) is 11.9 Å². The molecule has 3 aromatic rings. The van der Waals surface area contributed by atoms with Crippen LogP contribution in [0.15, 0.2) is 42.5 Å². The summed E-state index contributed by atoms with van der Waals surface area (Å²) in [6, 6.07) is 10.5. The van der Waals surface area contributed by atoms with Crippen molar-refractivity contribution in [2.24, 2.45) is 0 Å². The molecule has 2 aromatic carbocycles. The van der Waals surface area contributed by atoms with Crippen molar-refractivity contribution in [1.29, 1.82) is 0 Å². The maximum atomic E-state index is 13.1. The molecule has 0 unspecified atom stereocenters. The number of thiazole rings is 1. The third-order valence-corrected chi connectivity index (χ3v) is 4.30. The van der Waals surface area contributed by atoms with E-state index in [1.807, 2.05) is 0 Å². The summed E-state index contributed by atoms with van der Waals surface area (Å²) in [6.07, 6.45) is 0. The monoisotopic (exact) mass is 363 g/mol. The summed E-state index contributed by atoms with van der Waals surface area (Å²) in [5, 5.41) is 5.95. The van der Waals surface area contributed by atoms with E-state index in [0.717, 1.165) is 11.3 Å². The van der Waals surface area contributed by atoms with Crippen molar-refractivity contribution in [1.82, 2.24) is 10.3 Å². The average molecular weight is 364 g/mol. The van der Waals surface area contributed by atoms with Crippen LogP contribution in [0.5, 0.6) is 0 Å². The lowest BCUT2D eigenvalue weighted by Crippen LogP contribution is -2.32. The molecule has 0 aliphatic carbocycles. The van der Waals surface area contributed by atoms with Gasteiger partial charge < -0.3 is 10.6 Å². The Hall–Kier alpha value is -2.51. The molecule has 5 nitrogen and oxygen atoms in total. The van der Waals surface area contributed by atoms with Gasteiger partial charge in [-0.05, 0) is 42.5 Å². The van der Waals surface area contributed by atoms with Crippen LogP contribution < -0.4 is 10.6 Å². The minimum absolute atomic E-state index is 0.203. The molecule has 2 N–H and O–H groups in total. The number of benzene rings is 2. The number of hydrogen-bond acceptors (Lipinski definition) is 4. The van der Waals surface area contributed by atoms with Crippen LogP contribution >= 0.6 is 22.9 Å². The summed E-state index contributed by atoms with van der Waals surface area (Å²) in [5.41, 5.74) is 1.00. The molecule has 0 fully saturated rings. The Morgan fingerprint density at radius 2 is 1.92 bits per heavy atom. The third-order valence-electron chi connectivity index (χ3n) is 3.11. The molecular formula is C16H11ClFN3O2S. The number of halogens is 2. The largest absolute Gasteiger partial charge is 0.343 e. The lowest BCUT2D eigenvalue weighted by atomic mass is 10.2. The first kappa shape index (κ1) is 16.4. The minimum Gasteiger partial charge on any atom is -0.343 e. The fourth-order valence-corrected chi connectivity index (χ4v) is 3.01. The number of rotatable bonds is 4. The molecule has 0 bridgehead atoms. The first-order valence-electron chi connectivity index (χ1n) is 6.91. The molecule has 1 aromatic heterocycles. The topological polar surface area (TPSA) is 71.1 Å². The summed E-state index contributed by atoms with van der Waals surface area (Å²) in [4.78, 5) is 28.0. The number of anilines is 1. The third kappa shape index (κ3) is 3.87. The van der Waals surface area contributed by atoms with Gasteiger partial charge in [0, 0.05) is 10.6 Å². The summed E-state index contributed by atoms with van der Waals surface area (Å²) >= 11 is 6.91. The Kier molecular flexibility index (Phi) is 4.73. The predicted octanol–water partition coefficient (Wildman–Crippen LogP) is 3.46. The van der Waals surface area contributed by atoms with Gasteiger partial charge in [0.1, 0.15) is 5.82 Å². The zero-order valence-electron chi connectivity index (χ0n) is 12.2. The van der Waals surface area contributed by atoms with Gasteiger partial charge in [-0.2, -0.15) is 0 Å². The van der Waals surface area contributed by atoms with Crippen molar-refractivity contribution in [2.45, 2.75) is 0 Å². The van der Waals surface area contributed by atoms with Crippen LogP contribution in [0.2, 0.25) is 5.02 Å².